The lowest BCUT2D eigenvalue weighted by Gasteiger charge is -2.21. The summed E-state index contributed by atoms with van der Waals surface area (Å²) in [5, 5.41) is 10.6. The summed E-state index contributed by atoms with van der Waals surface area (Å²) in [5.74, 6) is -0.576. The summed E-state index contributed by atoms with van der Waals surface area (Å²) in [6.07, 6.45) is 58.2. The van der Waals surface area contributed by atoms with Crippen LogP contribution in [0.15, 0.2) is 0 Å². The molecule has 0 aromatic carbocycles. The van der Waals surface area contributed by atoms with Crippen LogP contribution in [0.2, 0.25) is 0 Å². The van der Waals surface area contributed by atoms with Crippen molar-refractivity contribution in [3.63, 3.8) is 0 Å². The van der Waals surface area contributed by atoms with Crippen LogP contribution < -0.4 is 0 Å². The molecule has 0 rings (SSSR count). The van der Waals surface area contributed by atoms with Crippen molar-refractivity contribution < 1.29 is 80.2 Å². The molecule has 0 fully saturated rings. The number of phosphoric ester groups is 2. The lowest BCUT2D eigenvalue weighted by molar-refractivity contribution is -0.161. The molecule has 97 heavy (non-hydrogen) atoms. The minimum absolute atomic E-state index is 0.107. The second-order valence-corrected chi connectivity index (χ2v) is 31.7. The van der Waals surface area contributed by atoms with Crippen LogP contribution in [0.4, 0.5) is 0 Å². The highest BCUT2D eigenvalue weighted by molar-refractivity contribution is 7.47. The Balaban J connectivity index is 5.25. The Hall–Kier alpha value is -1.94. The lowest BCUT2D eigenvalue weighted by Crippen LogP contribution is -2.30. The predicted molar refractivity (Wildman–Crippen MR) is 395 cm³/mol. The number of hydrogen-bond donors (Lipinski definition) is 3. The first-order valence-corrected chi connectivity index (χ1v) is 43.5. The van der Waals surface area contributed by atoms with E-state index in [1.165, 1.54) is 225 Å². The van der Waals surface area contributed by atoms with Gasteiger partial charge >= 0.3 is 39.5 Å². The summed E-state index contributed by atoms with van der Waals surface area (Å²) in [4.78, 5) is 72.9. The Kier molecular flexibility index (Phi) is 68.4. The van der Waals surface area contributed by atoms with E-state index < -0.39 is 97.5 Å². The van der Waals surface area contributed by atoms with Gasteiger partial charge in [-0.2, -0.15) is 0 Å². The number of carbonyl (C=O) groups is 4. The van der Waals surface area contributed by atoms with Gasteiger partial charge in [-0.25, -0.2) is 9.13 Å². The maximum Gasteiger partial charge on any atom is 0.472 e. The molecule has 0 aromatic heterocycles. The van der Waals surface area contributed by atoms with Gasteiger partial charge in [0.25, 0.3) is 0 Å². The van der Waals surface area contributed by atoms with Crippen molar-refractivity contribution in [3.05, 3.63) is 0 Å². The highest BCUT2D eigenvalue weighted by Crippen LogP contribution is 2.45. The third-order valence-corrected chi connectivity index (χ3v) is 20.5. The number of aliphatic hydroxyl groups excluding tert-OH is 1. The van der Waals surface area contributed by atoms with Crippen LogP contribution in [0.25, 0.3) is 0 Å². The topological polar surface area (TPSA) is 237 Å². The van der Waals surface area contributed by atoms with Crippen molar-refractivity contribution in [2.45, 2.75) is 426 Å². The van der Waals surface area contributed by atoms with Gasteiger partial charge in [0.05, 0.1) is 26.4 Å². The minimum Gasteiger partial charge on any atom is -0.462 e. The van der Waals surface area contributed by atoms with Gasteiger partial charge in [-0.05, 0) is 37.5 Å². The molecule has 19 heteroatoms. The van der Waals surface area contributed by atoms with Crippen LogP contribution >= 0.6 is 15.6 Å². The fourth-order valence-electron chi connectivity index (χ4n) is 12.0. The monoisotopic (exact) mass is 1420 g/mol. The molecule has 0 aromatic rings. The molecule has 576 valence electrons. The molecule has 0 saturated heterocycles. The largest absolute Gasteiger partial charge is 0.472 e. The van der Waals surface area contributed by atoms with Crippen LogP contribution in [-0.4, -0.2) is 96.7 Å². The molecular formula is C78H152O17P2. The summed E-state index contributed by atoms with van der Waals surface area (Å²) in [5.41, 5.74) is 0. The maximum absolute atomic E-state index is 13.1. The zero-order valence-corrected chi connectivity index (χ0v) is 65.2. The number of carbonyl (C=O) groups excluding carboxylic acids is 4. The van der Waals surface area contributed by atoms with E-state index in [1.807, 2.05) is 0 Å². The zero-order valence-electron chi connectivity index (χ0n) is 63.4. The van der Waals surface area contributed by atoms with Crippen molar-refractivity contribution in [3.8, 4) is 0 Å². The van der Waals surface area contributed by atoms with Crippen molar-refractivity contribution in [1.82, 2.24) is 0 Å². The third-order valence-electron chi connectivity index (χ3n) is 18.6. The van der Waals surface area contributed by atoms with Gasteiger partial charge in [-0.15, -0.1) is 0 Å². The molecule has 0 saturated carbocycles. The van der Waals surface area contributed by atoms with Gasteiger partial charge in [0.1, 0.15) is 19.3 Å². The van der Waals surface area contributed by atoms with Gasteiger partial charge < -0.3 is 33.8 Å². The molecule has 0 aliphatic rings. The number of phosphoric acid groups is 2. The van der Waals surface area contributed by atoms with Crippen LogP contribution in [0.1, 0.15) is 408 Å². The molecule has 6 atom stereocenters. The normalized spacial score (nSPS) is 14.2. The van der Waals surface area contributed by atoms with E-state index in [0.717, 1.165) is 102 Å². The summed E-state index contributed by atoms with van der Waals surface area (Å²) in [6.45, 7) is 9.61. The SMILES string of the molecule is CCCCCCCCCCCCCCCCCCCCCC(=O)O[C@H](COC(=O)CCCCCCCCCCCCC(C)C)COP(=O)(O)OC[C@@H](O)COP(=O)(O)OC[C@@H](COC(=O)CCCCCCCCCCC(C)CC)OC(=O)CCCCCCCCCCCCCCC. The molecule has 0 heterocycles. The zero-order chi connectivity index (χ0) is 71.4. The molecular weight excluding hydrogens is 1270 g/mol. The summed E-state index contributed by atoms with van der Waals surface area (Å²) in [6, 6.07) is 0. The number of hydrogen-bond acceptors (Lipinski definition) is 15. The van der Waals surface area contributed by atoms with E-state index in [1.54, 1.807) is 0 Å². The highest BCUT2D eigenvalue weighted by atomic mass is 31.2. The number of esters is 4. The Morgan fingerprint density at radius 1 is 0.299 bits per heavy atom. The van der Waals surface area contributed by atoms with E-state index in [4.69, 9.17) is 37.0 Å². The van der Waals surface area contributed by atoms with E-state index in [9.17, 15) is 43.2 Å². The first-order valence-electron chi connectivity index (χ1n) is 40.5. The van der Waals surface area contributed by atoms with E-state index in [0.29, 0.717) is 25.7 Å². The number of rotatable bonds is 77. The van der Waals surface area contributed by atoms with Crippen LogP contribution in [0.5, 0.6) is 0 Å². The number of aliphatic hydroxyl groups is 1. The van der Waals surface area contributed by atoms with Crippen LogP contribution in [0, 0.1) is 11.8 Å². The first kappa shape index (κ1) is 95.1. The smallest absolute Gasteiger partial charge is 0.462 e. The molecule has 0 aliphatic heterocycles. The molecule has 0 bridgehead atoms. The lowest BCUT2D eigenvalue weighted by atomic mass is 9.99. The number of ether oxygens (including phenoxy) is 4. The number of unbranched alkanes of at least 4 members (excludes halogenated alkanes) is 46. The van der Waals surface area contributed by atoms with Crippen LogP contribution in [0.3, 0.4) is 0 Å². The Bertz CT molecular complexity index is 1870. The van der Waals surface area contributed by atoms with Crippen molar-refractivity contribution >= 4 is 39.5 Å². The molecule has 0 radical (unpaired) electrons. The van der Waals surface area contributed by atoms with Gasteiger partial charge in [-0.1, -0.05) is 356 Å². The summed E-state index contributed by atoms with van der Waals surface area (Å²) >= 11 is 0. The molecule has 0 spiro atoms. The van der Waals surface area contributed by atoms with E-state index in [2.05, 4.69) is 41.5 Å². The summed E-state index contributed by atoms with van der Waals surface area (Å²) in [7, 11) is -9.92. The van der Waals surface area contributed by atoms with E-state index in [-0.39, 0.29) is 25.7 Å². The Labute approximate surface area is 594 Å². The molecule has 3 N–H and O–H groups in total. The quantitative estimate of drug-likeness (QED) is 0.0222. The molecule has 0 amide bonds. The summed E-state index contributed by atoms with van der Waals surface area (Å²) < 4.78 is 68.6. The van der Waals surface area contributed by atoms with Gasteiger partial charge in [0.15, 0.2) is 12.2 Å². The van der Waals surface area contributed by atoms with Crippen molar-refractivity contribution in [1.29, 1.82) is 0 Å². The van der Waals surface area contributed by atoms with Crippen molar-refractivity contribution in [2.75, 3.05) is 39.6 Å². The maximum atomic E-state index is 13.1. The van der Waals surface area contributed by atoms with Crippen LogP contribution in [-0.2, 0) is 65.4 Å². The second-order valence-electron chi connectivity index (χ2n) is 28.8. The Morgan fingerprint density at radius 3 is 0.784 bits per heavy atom. The molecule has 17 nitrogen and oxygen atoms in total. The standard InChI is InChI=1S/C78H152O17P2/c1-7-10-12-14-16-18-20-22-23-24-25-26-27-29-31-37-45-51-57-63-78(83)94-73(66-88-75(80)60-54-48-42-35-33-32-34-40-46-52-58-70(4)5)68-92-96(84,85)90-64-72(79)65-91-97(86,87)93-69-74(67-89-76(81)61-55-49-43-39-38-41-47-53-59-71(6)9-3)95-77(82)62-56-50-44-36-30-28-21-19-17-15-13-11-8-2/h70-74,79H,7-69H2,1-6H3,(H,84,85)(H,86,87)/t71?,72-,73-,74-/m1/s1. The van der Waals surface area contributed by atoms with Crippen molar-refractivity contribution in [2.24, 2.45) is 11.8 Å². The van der Waals surface area contributed by atoms with Gasteiger partial charge in [-0.3, -0.25) is 37.3 Å². The van der Waals surface area contributed by atoms with Gasteiger partial charge in [0.2, 0.25) is 0 Å². The average molecular weight is 1420 g/mol. The second kappa shape index (κ2) is 69.8. The average Bonchev–Trinajstić information content (AvgIpc) is 1.80. The highest BCUT2D eigenvalue weighted by Gasteiger charge is 2.30. The minimum atomic E-state index is -4.96. The first-order chi connectivity index (χ1) is 46.9. The third kappa shape index (κ3) is 70.9. The predicted octanol–water partition coefficient (Wildman–Crippen LogP) is 23.1. The Morgan fingerprint density at radius 2 is 0.526 bits per heavy atom. The fourth-order valence-corrected chi connectivity index (χ4v) is 13.6. The van der Waals surface area contributed by atoms with E-state index >= 15 is 0 Å². The molecule has 0 aliphatic carbocycles. The molecule has 3 unspecified atom stereocenters. The van der Waals surface area contributed by atoms with Gasteiger partial charge in [0, 0.05) is 25.7 Å². The fraction of sp³-hybridized carbons (Fsp3) is 0.949.